The second-order valence-corrected chi connectivity index (χ2v) is 7.16. The molecule has 2 saturated carbocycles. The van der Waals surface area contributed by atoms with E-state index in [0.29, 0.717) is 0 Å². The van der Waals surface area contributed by atoms with Crippen LogP contribution < -0.4 is 5.32 Å². The Morgan fingerprint density at radius 1 is 0.947 bits per heavy atom. The molecule has 0 aliphatic heterocycles. The molecule has 0 radical (unpaired) electrons. The van der Waals surface area contributed by atoms with Crippen molar-refractivity contribution in [3.05, 3.63) is 0 Å². The summed E-state index contributed by atoms with van der Waals surface area (Å²) in [6.45, 7) is 4.71. The first-order valence-corrected chi connectivity index (χ1v) is 9.07. The first-order chi connectivity index (χ1) is 9.31. The van der Waals surface area contributed by atoms with Crippen LogP contribution in [0, 0.1) is 11.8 Å². The summed E-state index contributed by atoms with van der Waals surface area (Å²) >= 11 is 0. The lowest BCUT2D eigenvalue weighted by molar-refractivity contribution is 0.142. The lowest BCUT2D eigenvalue weighted by Crippen LogP contribution is -2.46. The van der Waals surface area contributed by atoms with E-state index in [1.807, 2.05) is 0 Å². The van der Waals surface area contributed by atoms with E-state index in [1.165, 1.54) is 77.0 Å². The van der Waals surface area contributed by atoms with Crippen LogP contribution in [-0.2, 0) is 0 Å². The van der Waals surface area contributed by atoms with Gasteiger partial charge in [0.15, 0.2) is 0 Å². The summed E-state index contributed by atoms with van der Waals surface area (Å²) in [7, 11) is 0. The standard InChI is InChI=1S/C18H35N/c1-3-4-10-15(2)19-18-14-9-8-13-17(18)16-11-6-5-7-12-16/h15-19H,3-14H2,1-2H3. The van der Waals surface area contributed by atoms with Crippen molar-refractivity contribution in [3.8, 4) is 0 Å². The minimum Gasteiger partial charge on any atom is -0.311 e. The molecule has 0 aromatic rings. The highest BCUT2D eigenvalue weighted by Gasteiger charge is 2.32. The lowest BCUT2D eigenvalue weighted by atomic mass is 9.71. The van der Waals surface area contributed by atoms with Crippen LogP contribution in [0.15, 0.2) is 0 Å². The van der Waals surface area contributed by atoms with Gasteiger partial charge in [-0.05, 0) is 38.0 Å². The molecule has 1 N–H and O–H groups in total. The number of rotatable bonds is 6. The zero-order valence-corrected chi connectivity index (χ0v) is 13.3. The van der Waals surface area contributed by atoms with Crippen LogP contribution in [-0.4, -0.2) is 12.1 Å². The molecule has 2 aliphatic carbocycles. The van der Waals surface area contributed by atoms with Gasteiger partial charge in [0.2, 0.25) is 0 Å². The normalized spacial score (nSPS) is 31.3. The van der Waals surface area contributed by atoms with Crippen LogP contribution in [0.5, 0.6) is 0 Å². The largest absolute Gasteiger partial charge is 0.311 e. The van der Waals surface area contributed by atoms with Crippen LogP contribution in [0.25, 0.3) is 0 Å². The van der Waals surface area contributed by atoms with Crippen molar-refractivity contribution in [3.63, 3.8) is 0 Å². The summed E-state index contributed by atoms with van der Waals surface area (Å²) in [6, 6.07) is 1.57. The van der Waals surface area contributed by atoms with Crippen molar-refractivity contribution in [1.82, 2.24) is 5.32 Å². The molecule has 3 unspecified atom stereocenters. The van der Waals surface area contributed by atoms with E-state index in [2.05, 4.69) is 19.2 Å². The van der Waals surface area contributed by atoms with E-state index in [0.717, 1.165) is 23.9 Å². The highest BCUT2D eigenvalue weighted by Crippen LogP contribution is 2.38. The third-order valence-corrected chi connectivity index (χ3v) is 5.56. The zero-order valence-electron chi connectivity index (χ0n) is 13.3. The van der Waals surface area contributed by atoms with Crippen LogP contribution in [0.3, 0.4) is 0 Å². The van der Waals surface area contributed by atoms with Gasteiger partial charge in [-0.15, -0.1) is 0 Å². The molecule has 1 heteroatoms. The summed E-state index contributed by atoms with van der Waals surface area (Å²) in [5.74, 6) is 2.04. The predicted octanol–water partition coefficient (Wildman–Crippen LogP) is 5.29. The second-order valence-electron chi connectivity index (χ2n) is 7.16. The Morgan fingerprint density at radius 3 is 2.37 bits per heavy atom. The average molecular weight is 265 g/mol. The molecular weight excluding hydrogens is 230 g/mol. The quantitative estimate of drug-likeness (QED) is 0.687. The fourth-order valence-electron chi connectivity index (χ4n) is 4.45. The highest BCUT2D eigenvalue weighted by atomic mass is 15.0. The first-order valence-electron chi connectivity index (χ1n) is 9.07. The molecule has 0 heterocycles. The summed E-state index contributed by atoms with van der Waals surface area (Å²) in [4.78, 5) is 0. The van der Waals surface area contributed by atoms with Crippen molar-refractivity contribution >= 4 is 0 Å². The number of nitrogens with one attached hydrogen (secondary N) is 1. The molecule has 0 aromatic heterocycles. The third kappa shape index (κ3) is 4.77. The summed E-state index contributed by atoms with van der Waals surface area (Å²) < 4.78 is 0. The van der Waals surface area contributed by atoms with Gasteiger partial charge >= 0.3 is 0 Å². The number of hydrogen-bond acceptors (Lipinski definition) is 1. The molecule has 0 spiro atoms. The van der Waals surface area contributed by atoms with Crippen LogP contribution in [0.4, 0.5) is 0 Å². The maximum Gasteiger partial charge on any atom is 0.0100 e. The van der Waals surface area contributed by atoms with Gasteiger partial charge in [-0.1, -0.05) is 64.7 Å². The van der Waals surface area contributed by atoms with Crippen LogP contribution in [0.1, 0.15) is 90.9 Å². The highest BCUT2D eigenvalue weighted by molar-refractivity contribution is 4.88. The maximum absolute atomic E-state index is 4.00. The molecule has 2 aliphatic rings. The Kier molecular flexibility index (Phi) is 6.70. The first kappa shape index (κ1) is 15.4. The minimum atomic E-state index is 0.731. The molecule has 0 bridgehead atoms. The number of unbranched alkanes of at least 4 members (excludes halogenated alkanes) is 1. The van der Waals surface area contributed by atoms with Crippen LogP contribution in [0.2, 0.25) is 0 Å². The van der Waals surface area contributed by atoms with E-state index in [9.17, 15) is 0 Å². The molecule has 0 amide bonds. The monoisotopic (exact) mass is 265 g/mol. The van der Waals surface area contributed by atoms with Crippen molar-refractivity contribution in [2.24, 2.45) is 11.8 Å². The number of hydrogen-bond donors (Lipinski definition) is 1. The third-order valence-electron chi connectivity index (χ3n) is 5.56. The van der Waals surface area contributed by atoms with Gasteiger partial charge in [0, 0.05) is 12.1 Å². The molecule has 1 nitrogen and oxygen atoms in total. The Bertz CT molecular complexity index is 232. The maximum atomic E-state index is 4.00. The van der Waals surface area contributed by atoms with E-state index < -0.39 is 0 Å². The van der Waals surface area contributed by atoms with Gasteiger partial charge in [-0.2, -0.15) is 0 Å². The minimum absolute atomic E-state index is 0.731. The second kappa shape index (κ2) is 8.29. The molecule has 3 atom stereocenters. The van der Waals surface area contributed by atoms with Gasteiger partial charge < -0.3 is 5.32 Å². The Morgan fingerprint density at radius 2 is 1.63 bits per heavy atom. The molecule has 2 fully saturated rings. The summed E-state index contributed by atoms with van der Waals surface area (Å²) in [5.41, 5.74) is 0. The molecular formula is C18H35N. The molecule has 112 valence electrons. The molecule has 2 rings (SSSR count). The fourth-order valence-corrected chi connectivity index (χ4v) is 4.45. The Labute approximate surface area is 120 Å². The SMILES string of the molecule is CCCCC(C)NC1CCCCC1C1CCCCC1. The fraction of sp³-hybridized carbons (Fsp3) is 1.00. The van der Waals surface area contributed by atoms with Crippen molar-refractivity contribution < 1.29 is 0 Å². The van der Waals surface area contributed by atoms with Gasteiger partial charge in [-0.3, -0.25) is 0 Å². The summed E-state index contributed by atoms with van der Waals surface area (Å²) in [6.07, 6.45) is 17.5. The van der Waals surface area contributed by atoms with Crippen molar-refractivity contribution in [2.75, 3.05) is 0 Å². The smallest absolute Gasteiger partial charge is 0.0100 e. The average Bonchev–Trinajstić information content (AvgIpc) is 2.46. The van der Waals surface area contributed by atoms with Gasteiger partial charge in [0.05, 0.1) is 0 Å². The molecule has 0 aromatic carbocycles. The predicted molar refractivity (Wildman–Crippen MR) is 84.4 cm³/mol. The Hall–Kier alpha value is -0.0400. The van der Waals surface area contributed by atoms with E-state index >= 15 is 0 Å². The molecule has 0 saturated heterocycles. The van der Waals surface area contributed by atoms with E-state index in [4.69, 9.17) is 0 Å². The van der Waals surface area contributed by atoms with E-state index in [-0.39, 0.29) is 0 Å². The van der Waals surface area contributed by atoms with Crippen molar-refractivity contribution in [1.29, 1.82) is 0 Å². The topological polar surface area (TPSA) is 12.0 Å². The lowest BCUT2D eigenvalue weighted by Gasteiger charge is -2.40. The van der Waals surface area contributed by atoms with Gasteiger partial charge in [-0.25, -0.2) is 0 Å². The Balaban J connectivity index is 1.84. The van der Waals surface area contributed by atoms with Gasteiger partial charge in [0.25, 0.3) is 0 Å². The van der Waals surface area contributed by atoms with Gasteiger partial charge in [0.1, 0.15) is 0 Å². The zero-order chi connectivity index (χ0) is 13.5. The summed E-state index contributed by atoms with van der Waals surface area (Å²) in [5, 5.41) is 4.00. The van der Waals surface area contributed by atoms with Crippen molar-refractivity contribution in [2.45, 2.75) is 103 Å². The molecule has 19 heavy (non-hydrogen) atoms. The van der Waals surface area contributed by atoms with E-state index in [1.54, 1.807) is 0 Å². The van der Waals surface area contributed by atoms with Crippen LogP contribution >= 0.6 is 0 Å².